The Labute approximate surface area is 144 Å². The van der Waals surface area contributed by atoms with Crippen LogP contribution in [-0.2, 0) is 10.1 Å². The fourth-order valence-corrected chi connectivity index (χ4v) is 4.46. The van der Waals surface area contributed by atoms with E-state index in [9.17, 15) is 31.7 Å². The molecule has 0 heterocycles. The van der Waals surface area contributed by atoms with Crippen LogP contribution in [0.1, 0.15) is 0 Å². The van der Waals surface area contributed by atoms with Gasteiger partial charge in [-0.3, -0.25) is 10.1 Å². The number of rotatable bonds is 5. The van der Waals surface area contributed by atoms with E-state index in [0.29, 0.717) is 7.14 Å². The van der Waals surface area contributed by atoms with E-state index < -0.39 is 47.5 Å². The molecule has 0 aromatic heterocycles. The lowest BCUT2D eigenvalue weighted by atomic mass is 10.3. The predicted molar refractivity (Wildman–Crippen MR) is 72.5 cm³/mol. The SMILES string of the molecule is O=[N+]([O-])c1ccc([I+]c2ccccc2OS(=O)(=O)C(F)(F)F)cc1. The van der Waals surface area contributed by atoms with Crippen LogP contribution in [-0.4, -0.2) is 18.8 Å². The maximum absolute atomic E-state index is 12.4. The third-order valence-corrected chi connectivity index (χ3v) is 6.35. The highest BCUT2D eigenvalue weighted by molar-refractivity contribution is 7.87. The van der Waals surface area contributed by atoms with Crippen molar-refractivity contribution in [3.05, 3.63) is 65.8 Å². The fourth-order valence-electron chi connectivity index (χ4n) is 1.50. The molecule has 2 aromatic carbocycles. The van der Waals surface area contributed by atoms with E-state index in [0.717, 1.165) is 6.07 Å². The summed E-state index contributed by atoms with van der Waals surface area (Å²) in [4.78, 5) is 10.0. The van der Waals surface area contributed by atoms with Crippen molar-refractivity contribution < 1.29 is 51.9 Å². The summed E-state index contributed by atoms with van der Waals surface area (Å²) in [5, 5.41) is 10.6. The van der Waals surface area contributed by atoms with Crippen molar-refractivity contribution in [3.8, 4) is 5.75 Å². The molecule has 0 aliphatic heterocycles. The summed E-state index contributed by atoms with van der Waals surface area (Å²) in [6.07, 6.45) is 0. The van der Waals surface area contributed by atoms with Crippen LogP contribution in [0.25, 0.3) is 0 Å². The summed E-state index contributed by atoms with van der Waals surface area (Å²) in [6, 6.07) is 11.0. The number of para-hydroxylation sites is 1. The van der Waals surface area contributed by atoms with Crippen LogP contribution < -0.4 is 25.4 Å². The van der Waals surface area contributed by atoms with Gasteiger partial charge in [-0.15, -0.1) is 0 Å². The molecule has 0 amide bonds. The molecule has 0 bridgehead atoms. The van der Waals surface area contributed by atoms with E-state index in [1.807, 2.05) is 0 Å². The molecule has 0 saturated heterocycles. The van der Waals surface area contributed by atoms with Gasteiger partial charge in [0.15, 0.2) is 9.32 Å². The second-order valence-electron chi connectivity index (χ2n) is 4.24. The van der Waals surface area contributed by atoms with Gasteiger partial charge in [-0.25, -0.2) is 0 Å². The third kappa shape index (κ3) is 4.35. The van der Waals surface area contributed by atoms with Crippen LogP contribution in [0.3, 0.4) is 0 Å². The van der Waals surface area contributed by atoms with E-state index in [2.05, 4.69) is 4.18 Å². The Kier molecular flexibility index (Phi) is 5.32. The van der Waals surface area contributed by atoms with Gasteiger partial charge in [0, 0.05) is 12.1 Å². The molecule has 11 heteroatoms. The first-order valence-corrected chi connectivity index (χ1v) is 9.66. The monoisotopic (exact) mass is 474 g/mol. The van der Waals surface area contributed by atoms with Gasteiger partial charge in [-0.2, -0.15) is 21.6 Å². The van der Waals surface area contributed by atoms with Crippen LogP contribution in [0.5, 0.6) is 5.75 Å². The van der Waals surface area contributed by atoms with Crippen LogP contribution in [0.4, 0.5) is 18.9 Å². The summed E-state index contributed by atoms with van der Waals surface area (Å²) in [6.45, 7) is 0. The number of non-ortho nitro benzene ring substituents is 1. The summed E-state index contributed by atoms with van der Waals surface area (Å²) >= 11 is -1.10. The third-order valence-electron chi connectivity index (χ3n) is 2.57. The van der Waals surface area contributed by atoms with Crippen molar-refractivity contribution in [1.82, 2.24) is 0 Å². The smallest absolute Gasteiger partial charge is 0.371 e. The van der Waals surface area contributed by atoms with Gasteiger partial charge in [0.05, 0.1) is 4.92 Å². The first-order valence-electron chi connectivity index (χ1n) is 6.09. The highest BCUT2D eigenvalue weighted by Crippen LogP contribution is 2.26. The minimum atomic E-state index is -5.76. The highest BCUT2D eigenvalue weighted by atomic mass is 127. The van der Waals surface area contributed by atoms with Crippen LogP contribution in [0.2, 0.25) is 0 Å². The number of nitro groups is 1. The molecule has 0 saturated carbocycles. The zero-order valence-corrected chi connectivity index (χ0v) is 14.5. The molecule has 6 nitrogen and oxygen atoms in total. The lowest BCUT2D eigenvalue weighted by Gasteiger charge is -2.08. The standard InChI is InChI=1S/C13H8F3INO5S/c14-13(15,16)24(21,22)23-12-4-2-1-3-11(12)17-9-5-7-10(8-6-9)18(19)20/h1-8H/q+1. The minimum absolute atomic E-state index is 0.119. The number of alkyl halides is 3. The molecule has 0 atom stereocenters. The topological polar surface area (TPSA) is 86.5 Å². The van der Waals surface area contributed by atoms with Gasteiger partial charge in [0.25, 0.3) is 5.69 Å². The van der Waals surface area contributed by atoms with Crippen LogP contribution >= 0.6 is 0 Å². The summed E-state index contributed by atoms with van der Waals surface area (Å²) in [5.41, 5.74) is -5.64. The summed E-state index contributed by atoms with van der Waals surface area (Å²) in [5.74, 6) is -0.402. The van der Waals surface area contributed by atoms with Crippen molar-refractivity contribution in [2.24, 2.45) is 0 Å². The number of nitrogens with zero attached hydrogens (tertiary/aromatic N) is 1. The van der Waals surface area contributed by atoms with Gasteiger partial charge in [0.2, 0.25) is 3.57 Å². The Morgan fingerprint density at radius 1 is 1.04 bits per heavy atom. The van der Waals surface area contributed by atoms with Crippen molar-refractivity contribution in [2.45, 2.75) is 5.51 Å². The summed E-state index contributed by atoms with van der Waals surface area (Å²) < 4.78 is 64.7. The fraction of sp³-hybridized carbons (Fsp3) is 0.0769. The Morgan fingerprint density at radius 2 is 1.62 bits per heavy atom. The average Bonchev–Trinajstić information content (AvgIpc) is 2.48. The Morgan fingerprint density at radius 3 is 2.17 bits per heavy atom. The predicted octanol–water partition coefficient (Wildman–Crippen LogP) is -0.0484. The number of benzene rings is 2. The average molecular weight is 474 g/mol. The van der Waals surface area contributed by atoms with Gasteiger partial charge in [0.1, 0.15) is 0 Å². The maximum Gasteiger partial charge on any atom is 0.534 e. The number of nitro benzene ring substituents is 1. The first kappa shape index (κ1) is 18.4. The lowest BCUT2D eigenvalue weighted by molar-refractivity contribution is -0.598. The number of hydrogen-bond acceptors (Lipinski definition) is 5. The molecular formula is C13H8F3INO5S+. The Hall–Kier alpha value is -1.89. The normalized spacial score (nSPS) is 12.0. The second-order valence-corrected chi connectivity index (χ2v) is 8.73. The molecule has 0 N–H and O–H groups in total. The maximum atomic E-state index is 12.4. The zero-order valence-electron chi connectivity index (χ0n) is 11.5. The van der Waals surface area contributed by atoms with Crippen molar-refractivity contribution in [1.29, 1.82) is 0 Å². The molecule has 0 fully saturated rings. The van der Waals surface area contributed by atoms with Crippen molar-refractivity contribution >= 4 is 15.8 Å². The molecule has 0 aliphatic carbocycles. The molecular weight excluding hydrogens is 466 g/mol. The molecule has 0 spiro atoms. The molecule has 2 aromatic rings. The first-order chi connectivity index (χ1) is 11.1. The summed E-state index contributed by atoms with van der Waals surface area (Å²) in [7, 11) is -5.76. The van der Waals surface area contributed by atoms with Gasteiger partial charge in [-0.1, -0.05) is 12.1 Å². The van der Waals surface area contributed by atoms with Crippen molar-refractivity contribution in [2.75, 3.05) is 0 Å². The van der Waals surface area contributed by atoms with E-state index >= 15 is 0 Å². The molecule has 24 heavy (non-hydrogen) atoms. The molecule has 2 rings (SSSR count). The minimum Gasteiger partial charge on any atom is -0.371 e. The van der Waals surface area contributed by atoms with Gasteiger partial charge in [-0.05, 0) is 24.3 Å². The van der Waals surface area contributed by atoms with E-state index in [4.69, 9.17) is 0 Å². The zero-order chi connectivity index (χ0) is 18.0. The Bertz CT molecular complexity index is 853. The number of hydrogen-bond donors (Lipinski definition) is 0. The van der Waals surface area contributed by atoms with Crippen LogP contribution in [0, 0.1) is 17.3 Å². The molecule has 0 aliphatic rings. The Balaban J connectivity index is 2.28. The van der Waals surface area contributed by atoms with Crippen LogP contribution in [0.15, 0.2) is 48.5 Å². The van der Waals surface area contributed by atoms with Gasteiger partial charge >= 0.3 is 36.8 Å². The quantitative estimate of drug-likeness (QED) is 0.200. The number of halogens is 4. The molecule has 0 radical (unpaired) electrons. The van der Waals surface area contributed by atoms with Crippen molar-refractivity contribution in [3.63, 3.8) is 0 Å². The lowest BCUT2D eigenvalue weighted by Crippen LogP contribution is -3.61. The van der Waals surface area contributed by atoms with E-state index in [-0.39, 0.29) is 5.69 Å². The molecule has 0 unspecified atom stereocenters. The highest BCUT2D eigenvalue weighted by Gasteiger charge is 2.49. The largest absolute Gasteiger partial charge is 0.534 e. The second kappa shape index (κ2) is 6.93. The van der Waals surface area contributed by atoms with E-state index in [1.165, 1.54) is 42.5 Å². The molecule has 128 valence electrons. The van der Waals surface area contributed by atoms with Gasteiger partial charge < -0.3 is 4.18 Å². The van der Waals surface area contributed by atoms with E-state index in [1.54, 1.807) is 0 Å².